The van der Waals surface area contributed by atoms with Gasteiger partial charge in [0.25, 0.3) is 0 Å². The smallest absolute Gasteiger partial charge is 0.305 e. The summed E-state index contributed by atoms with van der Waals surface area (Å²) >= 11 is 0. The second kappa shape index (κ2) is 11.5. The molecule has 0 rings (SSSR count). The topological polar surface area (TPSA) is 57.5 Å². The number of carboxylic acid groups (broad SMARTS) is 1. The summed E-state index contributed by atoms with van der Waals surface area (Å²) in [7, 11) is 0. The lowest BCUT2D eigenvalue weighted by Gasteiger charge is -2.08. The van der Waals surface area contributed by atoms with Gasteiger partial charge >= 0.3 is 5.97 Å². The minimum atomic E-state index is -0.910. The molecule has 0 saturated heterocycles. The van der Waals surface area contributed by atoms with E-state index in [4.69, 9.17) is 5.11 Å². The van der Waals surface area contributed by atoms with Gasteiger partial charge in [-0.25, -0.2) is 0 Å². The van der Waals surface area contributed by atoms with Gasteiger partial charge in [0.1, 0.15) is 0 Å². The Hall–Kier alpha value is -0.570. The van der Waals surface area contributed by atoms with Crippen LogP contribution in [0, 0.1) is 5.92 Å². The lowest BCUT2D eigenvalue weighted by molar-refractivity contribution is -0.139. The van der Waals surface area contributed by atoms with E-state index in [1.807, 2.05) is 0 Å². The van der Waals surface area contributed by atoms with Crippen LogP contribution in [0.25, 0.3) is 0 Å². The summed E-state index contributed by atoms with van der Waals surface area (Å²) in [5.41, 5.74) is 0. The number of hydrogen-bond acceptors (Lipinski definition) is 2. The Bertz CT molecular complexity index is 204. The van der Waals surface area contributed by atoms with Gasteiger partial charge in [0.2, 0.25) is 0 Å². The van der Waals surface area contributed by atoms with Crippen molar-refractivity contribution in [1.82, 2.24) is 0 Å². The van der Waals surface area contributed by atoms with Gasteiger partial charge in [0, 0.05) is 0 Å². The van der Waals surface area contributed by atoms with E-state index < -0.39 is 12.1 Å². The van der Waals surface area contributed by atoms with Gasteiger partial charge in [0.05, 0.1) is 12.5 Å². The van der Waals surface area contributed by atoms with E-state index in [0.29, 0.717) is 6.42 Å². The molecule has 18 heavy (non-hydrogen) atoms. The lowest BCUT2D eigenvalue weighted by atomic mass is 9.99. The molecule has 0 aliphatic carbocycles. The molecule has 108 valence electrons. The highest BCUT2D eigenvalue weighted by atomic mass is 16.4. The van der Waals surface area contributed by atoms with E-state index in [2.05, 4.69) is 13.8 Å². The monoisotopic (exact) mass is 258 g/mol. The maximum absolute atomic E-state index is 10.3. The van der Waals surface area contributed by atoms with Crippen LogP contribution in [0.15, 0.2) is 0 Å². The van der Waals surface area contributed by atoms with Crippen molar-refractivity contribution in [2.75, 3.05) is 0 Å². The van der Waals surface area contributed by atoms with Crippen molar-refractivity contribution in [1.29, 1.82) is 0 Å². The van der Waals surface area contributed by atoms with Crippen molar-refractivity contribution in [2.45, 2.75) is 84.2 Å². The third-order valence-corrected chi connectivity index (χ3v) is 3.59. The van der Waals surface area contributed by atoms with E-state index >= 15 is 0 Å². The standard InChI is InChI=1S/C15H30O3/c1-3-13(2)10-8-6-4-5-7-9-11-14(16)12-15(17)18/h13-14,16H,3-12H2,1-2H3,(H,17,18). The van der Waals surface area contributed by atoms with E-state index in [1.165, 1.54) is 38.5 Å². The first-order chi connectivity index (χ1) is 8.56. The quantitative estimate of drug-likeness (QED) is 0.520. The molecule has 2 N–H and O–H groups in total. The Kier molecular flexibility index (Phi) is 11.2. The summed E-state index contributed by atoms with van der Waals surface area (Å²) in [6.07, 6.45) is 9.64. The zero-order chi connectivity index (χ0) is 13.8. The van der Waals surface area contributed by atoms with Crippen molar-refractivity contribution in [3.8, 4) is 0 Å². The Balaban J connectivity index is 3.18. The van der Waals surface area contributed by atoms with Gasteiger partial charge in [-0.1, -0.05) is 65.2 Å². The van der Waals surface area contributed by atoms with Gasteiger partial charge in [0.15, 0.2) is 0 Å². The summed E-state index contributed by atoms with van der Waals surface area (Å²) in [5, 5.41) is 17.9. The number of carbonyl (C=O) groups is 1. The van der Waals surface area contributed by atoms with Crippen molar-refractivity contribution in [3.63, 3.8) is 0 Å². The van der Waals surface area contributed by atoms with Crippen molar-refractivity contribution >= 4 is 5.97 Å². The summed E-state index contributed by atoms with van der Waals surface area (Å²) in [5.74, 6) is -0.0521. The third kappa shape index (κ3) is 11.9. The van der Waals surface area contributed by atoms with Crippen molar-refractivity contribution in [2.24, 2.45) is 5.92 Å². The van der Waals surface area contributed by atoms with Crippen LogP contribution in [0.5, 0.6) is 0 Å². The first-order valence-electron chi connectivity index (χ1n) is 7.46. The molecule has 0 radical (unpaired) electrons. The molecular weight excluding hydrogens is 228 g/mol. The number of aliphatic hydroxyl groups is 1. The summed E-state index contributed by atoms with van der Waals surface area (Å²) in [4.78, 5) is 10.3. The number of carboxylic acids is 1. The predicted octanol–water partition coefficient (Wildman–Crippen LogP) is 3.99. The first-order valence-corrected chi connectivity index (χ1v) is 7.46. The van der Waals surface area contributed by atoms with Gasteiger partial charge in [-0.15, -0.1) is 0 Å². The lowest BCUT2D eigenvalue weighted by Crippen LogP contribution is -2.12. The van der Waals surface area contributed by atoms with Crippen LogP contribution in [0.1, 0.15) is 78.1 Å². The molecule has 0 aliphatic heterocycles. The van der Waals surface area contributed by atoms with E-state index in [1.54, 1.807) is 0 Å². The third-order valence-electron chi connectivity index (χ3n) is 3.59. The van der Waals surface area contributed by atoms with Crippen LogP contribution in [-0.2, 0) is 4.79 Å². The van der Waals surface area contributed by atoms with E-state index in [0.717, 1.165) is 18.8 Å². The van der Waals surface area contributed by atoms with Crippen molar-refractivity contribution in [3.05, 3.63) is 0 Å². The number of aliphatic carboxylic acids is 1. The molecule has 0 aromatic rings. The van der Waals surface area contributed by atoms with Gasteiger partial charge in [-0.2, -0.15) is 0 Å². The fraction of sp³-hybridized carbons (Fsp3) is 0.933. The predicted molar refractivity (Wildman–Crippen MR) is 74.7 cm³/mol. The van der Waals surface area contributed by atoms with Crippen LogP contribution >= 0.6 is 0 Å². The molecule has 0 spiro atoms. The van der Waals surface area contributed by atoms with Crippen LogP contribution in [0.4, 0.5) is 0 Å². The van der Waals surface area contributed by atoms with Gasteiger partial charge in [-0.05, 0) is 12.3 Å². The Morgan fingerprint density at radius 2 is 1.50 bits per heavy atom. The molecule has 2 atom stereocenters. The minimum absolute atomic E-state index is 0.116. The SMILES string of the molecule is CCC(C)CCCCCCCCC(O)CC(=O)O. The maximum Gasteiger partial charge on any atom is 0.305 e. The molecule has 3 heteroatoms. The number of hydrogen-bond donors (Lipinski definition) is 2. The summed E-state index contributed by atoms with van der Waals surface area (Å²) in [6.45, 7) is 4.55. The molecule has 0 saturated carbocycles. The van der Waals surface area contributed by atoms with Crippen molar-refractivity contribution < 1.29 is 15.0 Å². The average Bonchev–Trinajstić information content (AvgIpc) is 2.31. The number of unbranched alkanes of at least 4 members (excludes halogenated alkanes) is 5. The van der Waals surface area contributed by atoms with Crippen LogP contribution in [0.2, 0.25) is 0 Å². The number of rotatable bonds is 12. The summed E-state index contributed by atoms with van der Waals surface area (Å²) in [6, 6.07) is 0. The molecule has 0 amide bonds. The highest BCUT2D eigenvalue weighted by molar-refractivity contribution is 5.67. The molecule has 0 heterocycles. The zero-order valence-electron chi connectivity index (χ0n) is 12.0. The molecule has 0 aromatic heterocycles. The van der Waals surface area contributed by atoms with Crippen LogP contribution < -0.4 is 0 Å². The second-order valence-electron chi connectivity index (χ2n) is 5.46. The minimum Gasteiger partial charge on any atom is -0.481 e. The Morgan fingerprint density at radius 3 is 2.00 bits per heavy atom. The van der Waals surface area contributed by atoms with E-state index in [-0.39, 0.29) is 6.42 Å². The molecule has 0 fully saturated rings. The first kappa shape index (κ1) is 17.4. The highest BCUT2D eigenvalue weighted by Gasteiger charge is 2.08. The number of aliphatic hydroxyl groups excluding tert-OH is 1. The summed E-state index contributed by atoms with van der Waals surface area (Å²) < 4.78 is 0. The Labute approximate surface area is 112 Å². The fourth-order valence-corrected chi connectivity index (χ4v) is 2.09. The van der Waals surface area contributed by atoms with Gasteiger partial charge < -0.3 is 10.2 Å². The zero-order valence-corrected chi connectivity index (χ0v) is 12.0. The molecule has 2 unspecified atom stereocenters. The van der Waals surface area contributed by atoms with Crippen LogP contribution in [0.3, 0.4) is 0 Å². The highest BCUT2D eigenvalue weighted by Crippen LogP contribution is 2.15. The molecule has 0 bridgehead atoms. The van der Waals surface area contributed by atoms with Gasteiger partial charge in [-0.3, -0.25) is 4.79 Å². The maximum atomic E-state index is 10.3. The normalized spacial score (nSPS) is 14.4. The Morgan fingerprint density at radius 1 is 1.00 bits per heavy atom. The molecule has 0 aliphatic rings. The largest absolute Gasteiger partial charge is 0.481 e. The molecule has 3 nitrogen and oxygen atoms in total. The van der Waals surface area contributed by atoms with E-state index in [9.17, 15) is 9.90 Å². The van der Waals surface area contributed by atoms with Crippen LogP contribution in [-0.4, -0.2) is 22.3 Å². The molecule has 0 aromatic carbocycles. The molecular formula is C15H30O3. The average molecular weight is 258 g/mol. The second-order valence-corrected chi connectivity index (χ2v) is 5.46. The fourth-order valence-electron chi connectivity index (χ4n) is 2.09.